The van der Waals surface area contributed by atoms with Crippen molar-refractivity contribution in [2.24, 2.45) is 0 Å². The van der Waals surface area contributed by atoms with Crippen LogP contribution in [0.25, 0.3) is 0 Å². The van der Waals surface area contributed by atoms with Crippen LogP contribution in [0.5, 0.6) is 0 Å². The van der Waals surface area contributed by atoms with Gasteiger partial charge in [0.25, 0.3) is 0 Å². The van der Waals surface area contributed by atoms with Crippen molar-refractivity contribution in [2.45, 2.75) is 38.1 Å². The first kappa shape index (κ1) is 9.77. The number of nitrogens with zero attached hydrogens (tertiary/aromatic N) is 3. The molecule has 2 heterocycles. The summed E-state index contributed by atoms with van der Waals surface area (Å²) in [5, 5.41) is 7.84. The lowest BCUT2D eigenvalue weighted by Gasteiger charge is -2.31. The van der Waals surface area contributed by atoms with Gasteiger partial charge in [-0.05, 0) is 26.2 Å². The van der Waals surface area contributed by atoms with Crippen LogP contribution < -0.4 is 4.90 Å². The number of aromatic nitrogens is 2. The maximum Gasteiger partial charge on any atom is 0.318 e. The highest BCUT2D eigenvalue weighted by Gasteiger charge is 2.22. The van der Waals surface area contributed by atoms with E-state index in [1.807, 2.05) is 0 Å². The molecule has 1 aliphatic heterocycles. The molecule has 0 radical (unpaired) electrons. The maximum atomic E-state index is 5.60. The molecule has 0 aliphatic carbocycles. The fourth-order valence-electron chi connectivity index (χ4n) is 1.80. The van der Waals surface area contributed by atoms with Crippen molar-refractivity contribution < 1.29 is 4.42 Å². The van der Waals surface area contributed by atoms with Crippen LogP contribution in [0.2, 0.25) is 0 Å². The molecule has 5 heteroatoms. The fraction of sp³-hybridized carbons (Fsp3) is 0.778. The predicted octanol–water partition coefficient (Wildman–Crippen LogP) is 2.19. The minimum absolute atomic E-state index is 0.287. The Kier molecular flexibility index (Phi) is 2.91. The van der Waals surface area contributed by atoms with Crippen LogP contribution in [0.15, 0.2) is 4.42 Å². The summed E-state index contributed by atoms with van der Waals surface area (Å²) in [7, 11) is 0. The lowest BCUT2D eigenvalue weighted by atomic mass is 10.0. The minimum atomic E-state index is 0.287. The lowest BCUT2D eigenvalue weighted by molar-refractivity contribution is 0.425. The first-order chi connectivity index (χ1) is 6.81. The Hall–Kier alpha value is -0.770. The van der Waals surface area contributed by atoms with Gasteiger partial charge in [0.05, 0.1) is 0 Å². The summed E-state index contributed by atoms with van der Waals surface area (Å²) in [4.78, 5) is 2.16. The third-order valence-electron chi connectivity index (χ3n) is 2.62. The van der Waals surface area contributed by atoms with Crippen molar-refractivity contribution in [3.63, 3.8) is 0 Å². The first-order valence-electron chi connectivity index (χ1n) is 4.96. The van der Waals surface area contributed by atoms with E-state index in [-0.39, 0.29) is 5.88 Å². The highest BCUT2D eigenvalue weighted by molar-refractivity contribution is 6.16. The molecule has 1 atom stereocenters. The molecule has 1 unspecified atom stereocenters. The van der Waals surface area contributed by atoms with Crippen LogP contribution in [0.4, 0.5) is 6.01 Å². The van der Waals surface area contributed by atoms with E-state index < -0.39 is 0 Å². The molecule has 1 aromatic rings. The molecule has 0 spiro atoms. The Morgan fingerprint density at radius 3 is 3.00 bits per heavy atom. The quantitative estimate of drug-likeness (QED) is 0.710. The van der Waals surface area contributed by atoms with Crippen LogP contribution in [-0.2, 0) is 5.88 Å². The zero-order valence-corrected chi connectivity index (χ0v) is 9.00. The summed E-state index contributed by atoms with van der Waals surface area (Å²) in [5.74, 6) is 0.786. The Morgan fingerprint density at radius 2 is 2.36 bits per heavy atom. The second-order valence-corrected chi connectivity index (χ2v) is 3.92. The van der Waals surface area contributed by atoms with Crippen LogP contribution in [0.1, 0.15) is 32.1 Å². The molecule has 4 nitrogen and oxygen atoms in total. The number of hydrogen-bond acceptors (Lipinski definition) is 4. The van der Waals surface area contributed by atoms with Gasteiger partial charge in [-0.1, -0.05) is 5.10 Å². The van der Waals surface area contributed by atoms with Crippen molar-refractivity contribution in [3.05, 3.63) is 5.89 Å². The standard InChI is InChI=1S/C9H14ClN3O/c1-7-4-2-3-5-13(7)9-12-11-8(6-10)14-9/h7H,2-6H2,1H3. The van der Waals surface area contributed by atoms with Gasteiger partial charge < -0.3 is 9.32 Å². The number of halogens is 1. The second kappa shape index (κ2) is 4.17. The SMILES string of the molecule is CC1CCCCN1c1nnc(CCl)o1. The Bertz CT molecular complexity index is 302. The smallest absolute Gasteiger partial charge is 0.318 e. The Morgan fingerprint density at radius 1 is 1.50 bits per heavy atom. The largest absolute Gasteiger partial charge is 0.407 e. The van der Waals surface area contributed by atoms with Gasteiger partial charge in [0.2, 0.25) is 5.89 Å². The lowest BCUT2D eigenvalue weighted by Crippen LogP contribution is -2.37. The van der Waals surface area contributed by atoms with Crippen molar-refractivity contribution in [1.82, 2.24) is 10.2 Å². The van der Waals surface area contributed by atoms with Gasteiger partial charge in [0.15, 0.2) is 0 Å². The van der Waals surface area contributed by atoms with E-state index >= 15 is 0 Å². The summed E-state index contributed by atoms with van der Waals surface area (Å²) < 4.78 is 5.41. The highest BCUT2D eigenvalue weighted by Crippen LogP contribution is 2.23. The summed E-state index contributed by atoms with van der Waals surface area (Å²) in [6.45, 7) is 3.19. The Balaban J connectivity index is 2.12. The highest BCUT2D eigenvalue weighted by atomic mass is 35.5. The molecular formula is C9H14ClN3O. The molecule has 1 saturated heterocycles. The number of alkyl halides is 1. The molecule has 1 aliphatic rings. The van der Waals surface area contributed by atoms with Gasteiger partial charge in [-0.15, -0.1) is 16.7 Å². The molecule has 2 rings (SSSR count). The van der Waals surface area contributed by atoms with Crippen molar-refractivity contribution >= 4 is 17.6 Å². The molecule has 0 amide bonds. The van der Waals surface area contributed by atoms with Crippen LogP contribution >= 0.6 is 11.6 Å². The van der Waals surface area contributed by atoms with Gasteiger partial charge in [0, 0.05) is 12.6 Å². The summed E-state index contributed by atoms with van der Waals surface area (Å²) in [6.07, 6.45) is 3.68. The van der Waals surface area contributed by atoms with Gasteiger partial charge in [0.1, 0.15) is 5.88 Å². The van der Waals surface area contributed by atoms with Gasteiger partial charge in [-0.25, -0.2) is 0 Å². The van der Waals surface area contributed by atoms with Crippen molar-refractivity contribution in [2.75, 3.05) is 11.4 Å². The van der Waals surface area contributed by atoms with Crippen molar-refractivity contribution in [3.8, 4) is 0 Å². The number of piperidine rings is 1. The fourth-order valence-corrected chi connectivity index (χ4v) is 1.91. The minimum Gasteiger partial charge on any atom is -0.407 e. The van der Waals surface area contributed by atoms with E-state index in [2.05, 4.69) is 22.0 Å². The van der Waals surface area contributed by atoms with E-state index in [9.17, 15) is 0 Å². The third-order valence-corrected chi connectivity index (χ3v) is 2.85. The summed E-state index contributed by atoms with van der Waals surface area (Å²) in [6, 6.07) is 1.11. The molecule has 78 valence electrons. The van der Waals surface area contributed by atoms with E-state index in [0.717, 1.165) is 6.54 Å². The van der Waals surface area contributed by atoms with Gasteiger partial charge in [-0.3, -0.25) is 0 Å². The molecule has 0 aromatic carbocycles. The summed E-state index contributed by atoms with van der Waals surface area (Å²) >= 11 is 5.60. The molecule has 0 N–H and O–H groups in total. The average Bonchev–Trinajstić information content (AvgIpc) is 2.67. The molecule has 0 bridgehead atoms. The third kappa shape index (κ3) is 1.85. The number of rotatable bonds is 2. The monoisotopic (exact) mass is 215 g/mol. The zero-order valence-electron chi connectivity index (χ0n) is 8.24. The van der Waals surface area contributed by atoms with Crippen molar-refractivity contribution in [1.29, 1.82) is 0 Å². The van der Waals surface area contributed by atoms with Crippen LogP contribution in [0, 0.1) is 0 Å². The van der Waals surface area contributed by atoms with E-state index in [4.69, 9.17) is 16.0 Å². The molecule has 1 aromatic heterocycles. The normalized spacial score (nSPS) is 22.7. The van der Waals surface area contributed by atoms with E-state index in [1.54, 1.807) is 0 Å². The van der Waals surface area contributed by atoms with Crippen LogP contribution in [-0.4, -0.2) is 22.8 Å². The van der Waals surface area contributed by atoms with Crippen LogP contribution in [0.3, 0.4) is 0 Å². The first-order valence-corrected chi connectivity index (χ1v) is 5.49. The molecule has 0 saturated carbocycles. The summed E-state index contributed by atoms with van der Waals surface area (Å²) in [5.41, 5.74) is 0. The Labute approximate surface area is 88.2 Å². The average molecular weight is 216 g/mol. The molecule has 14 heavy (non-hydrogen) atoms. The maximum absolute atomic E-state index is 5.60. The molecule has 1 fully saturated rings. The van der Waals surface area contributed by atoms with Gasteiger partial charge >= 0.3 is 6.01 Å². The van der Waals surface area contributed by atoms with E-state index in [0.29, 0.717) is 17.9 Å². The second-order valence-electron chi connectivity index (χ2n) is 3.65. The zero-order chi connectivity index (χ0) is 9.97. The topological polar surface area (TPSA) is 42.2 Å². The van der Waals surface area contributed by atoms with E-state index in [1.165, 1.54) is 19.3 Å². The van der Waals surface area contributed by atoms with Gasteiger partial charge in [-0.2, -0.15) is 0 Å². The number of anilines is 1. The predicted molar refractivity (Wildman–Crippen MR) is 54.5 cm³/mol. The number of hydrogen-bond donors (Lipinski definition) is 0. The molecular weight excluding hydrogens is 202 g/mol.